The molecule has 0 aliphatic heterocycles. The number of carboxylic acids is 1. The highest BCUT2D eigenvalue weighted by atomic mass is 16.4. The molecule has 0 saturated carbocycles. The van der Waals surface area contributed by atoms with Gasteiger partial charge in [-0.25, -0.2) is 4.79 Å². The van der Waals surface area contributed by atoms with Gasteiger partial charge in [-0.1, -0.05) is 0 Å². The number of carboxylic acid groups (broad SMARTS) is 1. The van der Waals surface area contributed by atoms with Crippen LogP contribution in [0.2, 0.25) is 0 Å². The van der Waals surface area contributed by atoms with E-state index < -0.39 is 5.97 Å². The Kier molecular flexibility index (Phi) is 3.55. The molecule has 0 amide bonds. The predicted molar refractivity (Wildman–Crippen MR) is 59.5 cm³/mol. The second-order valence-corrected chi connectivity index (χ2v) is 3.62. The topological polar surface area (TPSA) is 54.3 Å². The van der Waals surface area contributed by atoms with Gasteiger partial charge in [0.25, 0.3) is 0 Å². The average molecular weight is 208 g/mol. The van der Waals surface area contributed by atoms with Gasteiger partial charge in [0.15, 0.2) is 0 Å². The lowest BCUT2D eigenvalue weighted by molar-refractivity contribution is -0.131. The molecule has 82 valence electrons. The van der Waals surface area contributed by atoms with Crippen LogP contribution in [-0.4, -0.2) is 22.3 Å². The number of nitrogens with one attached hydrogen (secondary N) is 1. The molecule has 0 saturated heterocycles. The smallest absolute Gasteiger partial charge is 0.328 e. The van der Waals surface area contributed by atoms with E-state index >= 15 is 0 Å². The largest absolute Gasteiger partial charge is 0.478 e. The Bertz CT molecular complexity index is 372. The highest BCUT2D eigenvalue weighted by molar-refractivity contribution is 5.80. The van der Waals surface area contributed by atoms with E-state index in [0.717, 1.165) is 17.0 Å². The van der Waals surface area contributed by atoms with Crippen LogP contribution in [0.25, 0.3) is 0 Å². The Balaban J connectivity index is 2.61. The highest BCUT2D eigenvalue weighted by Crippen LogP contribution is 2.04. The quantitative estimate of drug-likeness (QED) is 0.740. The van der Waals surface area contributed by atoms with Crippen LogP contribution < -0.4 is 5.43 Å². The van der Waals surface area contributed by atoms with Crippen LogP contribution in [0.3, 0.4) is 0 Å². The van der Waals surface area contributed by atoms with Crippen molar-refractivity contribution in [3.05, 3.63) is 35.2 Å². The molecule has 0 aliphatic carbocycles. The molecule has 0 spiro atoms. The average Bonchev–Trinajstić information content (AvgIpc) is 2.42. The van der Waals surface area contributed by atoms with Crippen molar-refractivity contribution in [1.29, 1.82) is 0 Å². The van der Waals surface area contributed by atoms with Gasteiger partial charge in [-0.05, 0) is 38.5 Å². The Hall–Kier alpha value is -1.71. The van der Waals surface area contributed by atoms with E-state index in [1.807, 2.05) is 30.7 Å². The summed E-state index contributed by atoms with van der Waals surface area (Å²) in [6, 6.07) is 4.02. The van der Waals surface area contributed by atoms with Crippen LogP contribution >= 0.6 is 0 Å². The number of aliphatic carboxylic acids is 1. The zero-order valence-electron chi connectivity index (χ0n) is 9.24. The Morgan fingerprint density at radius 3 is 2.47 bits per heavy atom. The van der Waals surface area contributed by atoms with Gasteiger partial charge < -0.3 is 10.5 Å². The third kappa shape index (κ3) is 3.16. The van der Waals surface area contributed by atoms with Crippen molar-refractivity contribution in [2.24, 2.45) is 0 Å². The summed E-state index contributed by atoms with van der Waals surface area (Å²) < 4.78 is 1.94. The first kappa shape index (κ1) is 11.4. The summed E-state index contributed by atoms with van der Waals surface area (Å²) in [5.74, 6) is -0.907. The van der Waals surface area contributed by atoms with Crippen molar-refractivity contribution in [3.8, 4) is 0 Å². The standard InChI is InChI=1S/C11H16N2O2/c1-8(6-11(14)15)7-12-13-9(2)4-5-10(13)3/h4-6,12H,7H2,1-3H3,(H,14,15)/b8-6-. The molecule has 0 unspecified atom stereocenters. The zero-order chi connectivity index (χ0) is 11.4. The molecule has 4 heteroatoms. The second-order valence-electron chi connectivity index (χ2n) is 3.62. The number of aromatic nitrogens is 1. The summed E-state index contributed by atoms with van der Waals surface area (Å²) >= 11 is 0. The molecule has 1 rings (SSSR count). The summed E-state index contributed by atoms with van der Waals surface area (Å²) in [7, 11) is 0. The summed E-state index contributed by atoms with van der Waals surface area (Å²) in [6.07, 6.45) is 1.21. The van der Waals surface area contributed by atoms with Crippen LogP contribution in [0.15, 0.2) is 23.8 Å². The Morgan fingerprint density at radius 1 is 1.47 bits per heavy atom. The normalized spacial score (nSPS) is 11.5. The van der Waals surface area contributed by atoms with Crippen molar-refractivity contribution >= 4 is 5.97 Å². The fourth-order valence-corrected chi connectivity index (χ4v) is 1.38. The minimum absolute atomic E-state index is 0.530. The lowest BCUT2D eigenvalue weighted by atomic mass is 10.3. The van der Waals surface area contributed by atoms with E-state index in [-0.39, 0.29) is 0 Å². The maximum Gasteiger partial charge on any atom is 0.328 e. The Morgan fingerprint density at radius 2 is 2.00 bits per heavy atom. The minimum atomic E-state index is -0.907. The lowest BCUT2D eigenvalue weighted by Gasteiger charge is -2.12. The van der Waals surface area contributed by atoms with Crippen molar-refractivity contribution in [1.82, 2.24) is 4.68 Å². The number of hydrogen-bond donors (Lipinski definition) is 2. The van der Waals surface area contributed by atoms with E-state index in [2.05, 4.69) is 5.43 Å². The van der Waals surface area contributed by atoms with E-state index in [0.29, 0.717) is 6.54 Å². The molecule has 0 aliphatic rings. The van der Waals surface area contributed by atoms with E-state index in [9.17, 15) is 4.79 Å². The molecule has 1 aromatic heterocycles. The van der Waals surface area contributed by atoms with Crippen molar-refractivity contribution in [2.75, 3.05) is 12.0 Å². The van der Waals surface area contributed by atoms with Gasteiger partial charge in [0, 0.05) is 17.5 Å². The van der Waals surface area contributed by atoms with Crippen molar-refractivity contribution in [3.63, 3.8) is 0 Å². The maximum atomic E-state index is 10.4. The summed E-state index contributed by atoms with van der Waals surface area (Å²) in [4.78, 5) is 10.4. The van der Waals surface area contributed by atoms with E-state index in [1.165, 1.54) is 6.08 Å². The fraction of sp³-hybridized carbons (Fsp3) is 0.364. The number of hydrogen-bond acceptors (Lipinski definition) is 2. The molecule has 1 aromatic rings. The van der Waals surface area contributed by atoms with Crippen LogP contribution in [0.5, 0.6) is 0 Å². The van der Waals surface area contributed by atoms with Gasteiger partial charge in [-0.15, -0.1) is 0 Å². The SMILES string of the molecule is C/C(=C/C(=O)O)CNn1c(C)ccc1C. The van der Waals surface area contributed by atoms with Gasteiger partial charge in [-0.2, -0.15) is 0 Å². The Labute approximate surface area is 89.2 Å². The number of aryl methyl sites for hydroxylation is 2. The molecular formula is C11H16N2O2. The first-order chi connectivity index (χ1) is 7.00. The molecular weight excluding hydrogens is 192 g/mol. The molecule has 4 nitrogen and oxygen atoms in total. The molecule has 1 heterocycles. The number of nitrogens with zero attached hydrogens (tertiary/aromatic N) is 1. The molecule has 0 aromatic carbocycles. The van der Waals surface area contributed by atoms with Gasteiger partial charge in [-0.3, -0.25) is 4.68 Å². The predicted octanol–water partition coefficient (Wildman–Crippen LogP) is 1.68. The molecule has 0 fully saturated rings. The first-order valence-electron chi connectivity index (χ1n) is 4.79. The third-order valence-electron chi connectivity index (χ3n) is 2.16. The second kappa shape index (κ2) is 4.68. The molecule has 15 heavy (non-hydrogen) atoms. The molecule has 0 bridgehead atoms. The third-order valence-corrected chi connectivity index (χ3v) is 2.16. The highest BCUT2D eigenvalue weighted by Gasteiger charge is 2.00. The van der Waals surface area contributed by atoms with E-state index in [1.54, 1.807) is 6.92 Å². The van der Waals surface area contributed by atoms with Gasteiger partial charge in [0.2, 0.25) is 0 Å². The molecule has 0 radical (unpaired) electrons. The molecule has 2 N–H and O–H groups in total. The minimum Gasteiger partial charge on any atom is -0.478 e. The zero-order valence-corrected chi connectivity index (χ0v) is 9.24. The van der Waals surface area contributed by atoms with Crippen molar-refractivity contribution in [2.45, 2.75) is 20.8 Å². The van der Waals surface area contributed by atoms with Gasteiger partial charge in [0.05, 0.1) is 6.54 Å². The van der Waals surface area contributed by atoms with Crippen LogP contribution in [-0.2, 0) is 4.79 Å². The van der Waals surface area contributed by atoms with Crippen molar-refractivity contribution < 1.29 is 9.90 Å². The lowest BCUT2D eigenvalue weighted by Crippen LogP contribution is -2.19. The van der Waals surface area contributed by atoms with Gasteiger partial charge >= 0.3 is 5.97 Å². The first-order valence-corrected chi connectivity index (χ1v) is 4.79. The fourth-order valence-electron chi connectivity index (χ4n) is 1.38. The van der Waals surface area contributed by atoms with Crippen LogP contribution in [0.1, 0.15) is 18.3 Å². The maximum absolute atomic E-state index is 10.4. The van der Waals surface area contributed by atoms with Gasteiger partial charge in [0.1, 0.15) is 0 Å². The molecule has 0 atom stereocenters. The van der Waals surface area contributed by atoms with Crippen LogP contribution in [0.4, 0.5) is 0 Å². The van der Waals surface area contributed by atoms with Crippen LogP contribution in [0, 0.1) is 13.8 Å². The number of carbonyl (C=O) groups is 1. The summed E-state index contributed by atoms with van der Waals surface area (Å²) in [5.41, 5.74) is 6.15. The number of rotatable bonds is 4. The summed E-state index contributed by atoms with van der Waals surface area (Å²) in [6.45, 7) is 6.31. The summed E-state index contributed by atoms with van der Waals surface area (Å²) in [5, 5.41) is 8.54. The van der Waals surface area contributed by atoms with E-state index in [4.69, 9.17) is 5.11 Å². The monoisotopic (exact) mass is 208 g/mol.